The van der Waals surface area contributed by atoms with Crippen molar-refractivity contribution in [2.45, 2.75) is 20.4 Å². The molecule has 128 valence electrons. The van der Waals surface area contributed by atoms with Crippen LogP contribution in [-0.4, -0.2) is 21.0 Å². The fraction of sp³-hybridized carbons (Fsp3) is 0.167. The highest BCUT2D eigenvalue weighted by atomic mass is 32.1. The maximum Gasteiger partial charge on any atom is 0.267 e. The van der Waals surface area contributed by atoms with Crippen molar-refractivity contribution in [3.05, 3.63) is 64.4 Å². The quantitative estimate of drug-likeness (QED) is 0.650. The minimum Gasteiger partial charge on any atom is -0.508 e. The van der Waals surface area contributed by atoms with Crippen LogP contribution >= 0.6 is 11.3 Å². The van der Waals surface area contributed by atoms with Gasteiger partial charge in [-0.25, -0.2) is 4.98 Å². The van der Waals surface area contributed by atoms with Crippen LogP contribution in [0.3, 0.4) is 0 Å². The number of nitrogens with one attached hydrogen (secondary N) is 2. The van der Waals surface area contributed by atoms with Gasteiger partial charge in [0, 0.05) is 11.8 Å². The molecule has 0 unspecified atom stereocenters. The lowest BCUT2D eigenvalue weighted by atomic mass is 10.1. The second-order valence-corrected chi connectivity index (χ2v) is 6.59. The van der Waals surface area contributed by atoms with Gasteiger partial charge in [0.05, 0.1) is 24.1 Å². The summed E-state index contributed by atoms with van der Waals surface area (Å²) in [6.07, 6.45) is 3.27. The van der Waals surface area contributed by atoms with Crippen molar-refractivity contribution in [2.75, 3.05) is 10.6 Å². The van der Waals surface area contributed by atoms with Crippen molar-refractivity contribution < 1.29 is 9.90 Å². The molecule has 3 N–H and O–H groups in total. The summed E-state index contributed by atoms with van der Waals surface area (Å²) in [5.74, 6) is -0.0943. The van der Waals surface area contributed by atoms with Gasteiger partial charge >= 0.3 is 0 Å². The lowest BCUT2D eigenvalue weighted by Crippen LogP contribution is -2.12. The van der Waals surface area contributed by atoms with Crippen molar-refractivity contribution in [3.63, 3.8) is 0 Å². The number of carbonyl (C=O) groups is 1. The fourth-order valence-electron chi connectivity index (χ4n) is 2.33. The number of amides is 1. The average molecular weight is 354 g/mol. The zero-order valence-corrected chi connectivity index (χ0v) is 14.7. The van der Waals surface area contributed by atoms with Crippen LogP contribution in [0.25, 0.3) is 0 Å². The van der Waals surface area contributed by atoms with Crippen molar-refractivity contribution in [1.29, 1.82) is 0 Å². The Kier molecular flexibility index (Phi) is 4.95. The summed E-state index contributed by atoms with van der Waals surface area (Å²) in [6, 6.07) is 9.09. The number of rotatable bonds is 5. The van der Waals surface area contributed by atoms with Crippen molar-refractivity contribution >= 4 is 28.1 Å². The van der Waals surface area contributed by atoms with Gasteiger partial charge in [0.25, 0.3) is 5.91 Å². The predicted molar refractivity (Wildman–Crippen MR) is 99.2 cm³/mol. The van der Waals surface area contributed by atoms with Crippen molar-refractivity contribution in [3.8, 4) is 5.75 Å². The minimum absolute atomic E-state index is 0.155. The molecule has 2 aromatic heterocycles. The normalized spacial score (nSPS) is 10.5. The zero-order chi connectivity index (χ0) is 17.8. The van der Waals surface area contributed by atoms with E-state index in [1.165, 1.54) is 17.5 Å². The molecule has 0 fully saturated rings. The first-order chi connectivity index (χ1) is 12.0. The smallest absolute Gasteiger partial charge is 0.267 e. The number of anilines is 2. The first kappa shape index (κ1) is 16.9. The van der Waals surface area contributed by atoms with Crippen LogP contribution < -0.4 is 10.6 Å². The van der Waals surface area contributed by atoms with Gasteiger partial charge < -0.3 is 15.7 Å². The summed E-state index contributed by atoms with van der Waals surface area (Å²) < 4.78 is 0. The fourth-order valence-corrected chi connectivity index (χ4v) is 3.04. The molecule has 0 saturated heterocycles. The Morgan fingerprint density at radius 1 is 1.20 bits per heavy atom. The van der Waals surface area contributed by atoms with E-state index in [1.807, 2.05) is 25.1 Å². The Labute approximate surface area is 149 Å². The standard InChI is InChI=1S/C18H18N4O2S/c1-11-6-7-14(23)12(2)16(11)22-17(24)15-10-21-18(25-15)20-9-13-5-3-4-8-19-13/h3-8,10,23H,9H2,1-2H3,(H,20,21)(H,22,24). The number of thiazole rings is 1. The van der Waals surface area contributed by atoms with E-state index in [-0.39, 0.29) is 11.7 Å². The number of aryl methyl sites for hydroxylation is 1. The number of aromatic nitrogens is 2. The number of phenols is 1. The predicted octanol–water partition coefficient (Wildman–Crippen LogP) is 3.72. The summed E-state index contributed by atoms with van der Waals surface area (Å²) in [5.41, 5.74) is 3.06. The highest BCUT2D eigenvalue weighted by Gasteiger charge is 2.14. The Morgan fingerprint density at radius 3 is 2.80 bits per heavy atom. The maximum absolute atomic E-state index is 12.5. The van der Waals surface area contributed by atoms with Crippen LogP contribution in [0, 0.1) is 13.8 Å². The van der Waals surface area contributed by atoms with E-state index in [4.69, 9.17) is 0 Å². The molecule has 0 aliphatic rings. The molecule has 0 saturated carbocycles. The molecule has 1 amide bonds. The molecular weight excluding hydrogens is 336 g/mol. The number of aromatic hydroxyl groups is 1. The first-order valence-electron chi connectivity index (χ1n) is 7.74. The van der Waals surface area contributed by atoms with Gasteiger partial charge in [0.1, 0.15) is 10.6 Å². The zero-order valence-electron chi connectivity index (χ0n) is 13.9. The molecule has 0 aliphatic carbocycles. The first-order valence-corrected chi connectivity index (χ1v) is 8.56. The SMILES string of the molecule is Cc1ccc(O)c(C)c1NC(=O)c1cnc(NCc2ccccn2)s1. The summed E-state index contributed by atoms with van der Waals surface area (Å²) in [7, 11) is 0. The molecule has 0 radical (unpaired) electrons. The summed E-state index contributed by atoms with van der Waals surface area (Å²) in [5, 5.41) is 16.5. The third kappa shape index (κ3) is 3.95. The lowest BCUT2D eigenvalue weighted by molar-refractivity contribution is 0.103. The lowest BCUT2D eigenvalue weighted by Gasteiger charge is -2.11. The Morgan fingerprint density at radius 2 is 2.04 bits per heavy atom. The number of carbonyl (C=O) groups excluding carboxylic acids is 1. The molecule has 1 aromatic carbocycles. The van der Waals surface area contributed by atoms with Crippen LogP contribution in [0.2, 0.25) is 0 Å². The van der Waals surface area contributed by atoms with Gasteiger partial charge in [-0.3, -0.25) is 9.78 Å². The molecule has 2 heterocycles. The van der Waals surface area contributed by atoms with E-state index in [2.05, 4.69) is 20.6 Å². The average Bonchev–Trinajstić information content (AvgIpc) is 3.10. The Bertz CT molecular complexity index is 893. The molecule has 3 rings (SSSR count). The number of hydrogen-bond donors (Lipinski definition) is 3. The monoisotopic (exact) mass is 354 g/mol. The summed E-state index contributed by atoms with van der Waals surface area (Å²) in [6.45, 7) is 4.19. The second-order valence-electron chi connectivity index (χ2n) is 5.56. The molecule has 6 nitrogen and oxygen atoms in total. The van der Waals surface area contributed by atoms with Crippen LogP contribution in [0.1, 0.15) is 26.5 Å². The number of nitrogens with zero attached hydrogens (tertiary/aromatic N) is 2. The highest BCUT2D eigenvalue weighted by Crippen LogP contribution is 2.29. The molecular formula is C18H18N4O2S. The largest absolute Gasteiger partial charge is 0.508 e. The molecule has 0 spiro atoms. The molecule has 25 heavy (non-hydrogen) atoms. The van der Waals surface area contributed by atoms with Gasteiger partial charge in [-0.15, -0.1) is 0 Å². The minimum atomic E-state index is -0.250. The molecule has 3 aromatic rings. The van der Waals surface area contributed by atoms with Crippen LogP contribution in [0.4, 0.5) is 10.8 Å². The van der Waals surface area contributed by atoms with Crippen molar-refractivity contribution in [1.82, 2.24) is 9.97 Å². The Hall–Kier alpha value is -2.93. The van der Waals surface area contributed by atoms with Crippen molar-refractivity contribution in [2.24, 2.45) is 0 Å². The molecule has 7 heteroatoms. The van der Waals surface area contributed by atoms with Gasteiger partial charge in [0.2, 0.25) is 0 Å². The maximum atomic E-state index is 12.5. The van der Waals surface area contributed by atoms with E-state index in [1.54, 1.807) is 25.3 Å². The molecule has 0 bridgehead atoms. The van der Waals surface area contributed by atoms with Gasteiger partial charge in [0.15, 0.2) is 5.13 Å². The van der Waals surface area contributed by atoms with Gasteiger partial charge in [-0.2, -0.15) is 0 Å². The highest BCUT2D eigenvalue weighted by molar-refractivity contribution is 7.17. The van der Waals surface area contributed by atoms with Gasteiger partial charge in [-0.1, -0.05) is 23.5 Å². The number of pyridine rings is 1. The van der Waals surface area contributed by atoms with Crippen LogP contribution in [-0.2, 0) is 6.54 Å². The Balaban J connectivity index is 1.68. The van der Waals surface area contributed by atoms with E-state index in [0.717, 1.165) is 11.3 Å². The number of phenolic OH excluding ortho intramolecular Hbond substituents is 1. The second kappa shape index (κ2) is 7.31. The van der Waals surface area contributed by atoms with Crippen LogP contribution in [0.15, 0.2) is 42.7 Å². The van der Waals surface area contributed by atoms with E-state index in [0.29, 0.717) is 27.8 Å². The molecule has 0 aliphatic heterocycles. The van der Waals surface area contributed by atoms with Crippen LogP contribution in [0.5, 0.6) is 5.75 Å². The van der Waals surface area contributed by atoms with E-state index < -0.39 is 0 Å². The number of benzene rings is 1. The van der Waals surface area contributed by atoms with Gasteiger partial charge in [-0.05, 0) is 37.6 Å². The third-order valence-electron chi connectivity index (χ3n) is 3.76. The van der Waals surface area contributed by atoms with E-state index >= 15 is 0 Å². The van der Waals surface area contributed by atoms with E-state index in [9.17, 15) is 9.90 Å². The summed E-state index contributed by atoms with van der Waals surface area (Å²) in [4.78, 5) is 21.4. The number of hydrogen-bond acceptors (Lipinski definition) is 6. The molecule has 0 atom stereocenters. The topological polar surface area (TPSA) is 87.1 Å². The summed E-state index contributed by atoms with van der Waals surface area (Å²) >= 11 is 1.27. The third-order valence-corrected chi connectivity index (χ3v) is 4.71.